The average Bonchev–Trinajstić information content (AvgIpc) is 2.59. The predicted molar refractivity (Wildman–Crippen MR) is 100 cm³/mol. The van der Waals surface area contributed by atoms with Crippen LogP contribution in [0.5, 0.6) is 0 Å². The highest BCUT2D eigenvalue weighted by molar-refractivity contribution is 7.93. The Bertz CT molecular complexity index is 972. The SMILES string of the molecule is Cc1ccc(N(CCCC(=O)O)S(=O)(=O)c2ccccc2[N+](=O)[O-])c(C)c1. The van der Waals surface area contributed by atoms with Gasteiger partial charge in [-0.25, -0.2) is 8.42 Å². The third-order valence-electron chi connectivity index (χ3n) is 4.00. The molecule has 8 nitrogen and oxygen atoms in total. The maximum Gasteiger partial charge on any atom is 0.303 e. The Morgan fingerprint density at radius 3 is 2.44 bits per heavy atom. The zero-order valence-electron chi connectivity index (χ0n) is 15.0. The number of nitro groups is 1. The highest BCUT2D eigenvalue weighted by Crippen LogP contribution is 2.32. The predicted octanol–water partition coefficient (Wildman–Crippen LogP) is 3.27. The molecule has 0 heterocycles. The van der Waals surface area contributed by atoms with E-state index in [2.05, 4.69) is 0 Å². The zero-order chi connectivity index (χ0) is 20.2. The van der Waals surface area contributed by atoms with Crippen LogP contribution in [0, 0.1) is 24.0 Å². The molecule has 0 atom stereocenters. The van der Waals surface area contributed by atoms with Gasteiger partial charge in [0.05, 0.1) is 10.6 Å². The standard InChI is InChI=1S/C18H20N2O6S/c1-13-9-10-15(14(2)12-13)19(11-5-8-18(21)22)27(25,26)17-7-4-3-6-16(17)20(23)24/h3-4,6-7,9-10,12H,5,8,11H2,1-2H3,(H,21,22). The summed E-state index contributed by atoms with van der Waals surface area (Å²) in [7, 11) is -4.26. The normalized spacial score (nSPS) is 11.2. The van der Waals surface area contributed by atoms with Crippen molar-refractivity contribution in [1.29, 1.82) is 0 Å². The summed E-state index contributed by atoms with van der Waals surface area (Å²) >= 11 is 0. The summed E-state index contributed by atoms with van der Waals surface area (Å²) in [4.78, 5) is 21.0. The van der Waals surface area contributed by atoms with Crippen LogP contribution in [0.4, 0.5) is 11.4 Å². The first-order chi connectivity index (χ1) is 12.6. The van der Waals surface area contributed by atoms with Crippen molar-refractivity contribution in [3.63, 3.8) is 0 Å². The molecule has 0 aliphatic rings. The van der Waals surface area contributed by atoms with E-state index in [4.69, 9.17) is 5.11 Å². The fourth-order valence-electron chi connectivity index (χ4n) is 2.77. The number of sulfonamides is 1. The Kier molecular flexibility index (Phi) is 6.17. The van der Waals surface area contributed by atoms with Gasteiger partial charge in [-0.05, 0) is 38.0 Å². The molecule has 0 aliphatic carbocycles. The first-order valence-corrected chi connectivity index (χ1v) is 9.64. The molecule has 27 heavy (non-hydrogen) atoms. The number of carboxylic acid groups (broad SMARTS) is 1. The second-order valence-corrected chi connectivity index (χ2v) is 7.92. The molecular weight excluding hydrogens is 372 g/mol. The van der Waals surface area contributed by atoms with Crippen LogP contribution in [-0.4, -0.2) is 31.0 Å². The minimum atomic E-state index is -4.26. The molecule has 0 saturated carbocycles. The van der Waals surface area contributed by atoms with Crippen LogP contribution in [-0.2, 0) is 14.8 Å². The van der Waals surface area contributed by atoms with Crippen molar-refractivity contribution >= 4 is 27.4 Å². The van der Waals surface area contributed by atoms with Crippen LogP contribution in [0.1, 0.15) is 24.0 Å². The minimum Gasteiger partial charge on any atom is -0.481 e. The van der Waals surface area contributed by atoms with Crippen molar-refractivity contribution in [2.24, 2.45) is 0 Å². The van der Waals surface area contributed by atoms with Gasteiger partial charge in [0.2, 0.25) is 0 Å². The van der Waals surface area contributed by atoms with Crippen molar-refractivity contribution in [2.75, 3.05) is 10.8 Å². The largest absolute Gasteiger partial charge is 0.481 e. The summed E-state index contributed by atoms with van der Waals surface area (Å²) in [6, 6.07) is 10.3. The van der Waals surface area contributed by atoms with Crippen LogP contribution in [0.25, 0.3) is 0 Å². The van der Waals surface area contributed by atoms with E-state index in [1.54, 1.807) is 25.1 Å². The summed E-state index contributed by atoms with van der Waals surface area (Å²) in [6.45, 7) is 3.49. The number of nitro benzene ring substituents is 1. The number of aliphatic carboxylic acids is 1. The van der Waals surface area contributed by atoms with E-state index < -0.39 is 31.5 Å². The monoisotopic (exact) mass is 392 g/mol. The molecule has 0 radical (unpaired) electrons. The molecule has 0 amide bonds. The summed E-state index contributed by atoms with van der Waals surface area (Å²) in [6.07, 6.45) is -0.143. The van der Waals surface area contributed by atoms with Crippen LogP contribution in [0.2, 0.25) is 0 Å². The first kappa shape index (κ1) is 20.4. The smallest absolute Gasteiger partial charge is 0.303 e. The van der Waals surface area contributed by atoms with Gasteiger partial charge in [0.25, 0.3) is 15.7 Å². The Labute approximate surface area is 157 Å². The number of para-hydroxylation sites is 1. The summed E-state index contributed by atoms with van der Waals surface area (Å²) in [5, 5.41) is 20.2. The molecule has 2 aromatic carbocycles. The van der Waals surface area contributed by atoms with Gasteiger partial charge in [0, 0.05) is 19.0 Å². The third-order valence-corrected chi connectivity index (χ3v) is 5.86. The maximum atomic E-state index is 13.2. The molecule has 2 aromatic rings. The summed E-state index contributed by atoms with van der Waals surface area (Å²) < 4.78 is 27.5. The van der Waals surface area contributed by atoms with Gasteiger partial charge in [-0.3, -0.25) is 19.2 Å². The highest BCUT2D eigenvalue weighted by atomic mass is 32.2. The van der Waals surface area contributed by atoms with E-state index in [1.807, 2.05) is 6.92 Å². The van der Waals surface area contributed by atoms with Crippen LogP contribution in [0.15, 0.2) is 47.4 Å². The number of hydrogen-bond donors (Lipinski definition) is 1. The molecule has 0 fully saturated rings. The number of hydrogen-bond acceptors (Lipinski definition) is 5. The number of carboxylic acids is 1. The Balaban J connectivity index is 2.58. The second kappa shape index (κ2) is 8.17. The number of nitrogens with zero attached hydrogens (tertiary/aromatic N) is 2. The maximum absolute atomic E-state index is 13.2. The molecule has 0 saturated heterocycles. The lowest BCUT2D eigenvalue weighted by molar-refractivity contribution is -0.387. The quantitative estimate of drug-likeness (QED) is 0.544. The number of carbonyl (C=O) groups is 1. The number of anilines is 1. The van der Waals surface area contributed by atoms with Gasteiger partial charge >= 0.3 is 5.97 Å². The van der Waals surface area contributed by atoms with Crippen LogP contribution in [0.3, 0.4) is 0 Å². The van der Waals surface area contributed by atoms with Crippen LogP contribution < -0.4 is 4.31 Å². The summed E-state index contributed by atoms with van der Waals surface area (Å²) in [5.74, 6) is -1.04. The van der Waals surface area contributed by atoms with Crippen molar-refractivity contribution in [3.8, 4) is 0 Å². The third kappa shape index (κ3) is 4.62. The van der Waals surface area contributed by atoms with Crippen molar-refractivity contribution in [3.05, 3.63) is 63.7 Å². The van der Waals surface area contributed by atoms with Crippen molar-refractivity contribution in [1.82, 2.24) is 0 Å². The van der Waals surface area contributed by atoms with Crippen molar-refractivity contribution < 1.29 is 23.2 Å². The molecule has 0 bridgehead atoms. The molecule has 144 valence electrons. The summed E-state index contributed by atoms with van der Waals surface area (Å²) in [5.41, 5.74) is 1.45. The van der Waals surface area contributed by atoms with Gasteiger partial charge in [0.1, 0.15) is 0 Å². The Hall–Kier alpha value is -2.94. The lowest BCUT2D eigenvalue weighted by Gasteiger charge is -2.26. The molecular formula is C18H20N2O6S. The molecule has 9 heteroatoms. The molecule has 2 rings (SSSR count). The number of rotatable bonds is 8. The topological polar surface area (TPSA) is 118 Å². The molecule has 1 N–H and O–H groups in total. The molecule has 0 spiro atoms. The lowest BCUT2D eigenvalue weighted by atomic mass is 10.1. The van der Waals surface area contributed by atoms with Gasteiger partial charge in [-0.1, -0.05) is 29.8 Å². The molecule has 0 aromatic heterocycles. The van der Waals surface area contributed by atoms with Crippen LogP contribution >= 0.6 is 0 Å². The van der Waals surface area contributed by atoms with E-state index in [0.717, 1.165) is 15.9 Å². The minimum absolute atomic E-state index is 0.0719. The van der Waals surface area contributed by atoms with Crippen molar-refractivity contribution in [2.45, 2.75) is 31.6 Å². The zero-order valence-corrected chi connectivity index (χ0v) is 15.8. The Morgan fingerprint density at radius 2 is 1.85 bits per heavy atom. The van der Waals surface area contributed by atoms with E-state index in [-0.39, 0.29) is 19.4 Å². The Morgan fingerprint density at radius 1 is 1.19 bits per heavy atom. The van der Waals surface area contributed by atoms with E-state index >= 15 is 0 Å². The van der Waals surface area contributed by atoms with E-state index in [9.17, 15) is 23.3 Å². The number of benzene rings is 2. The second-order valence-electron chi connectivity index (χ2n) is 6.09. The average molecular weight is 392 g/mol. The van der Waals surface area contributed by atoms with Gasteiger partial charge in [0.15, 0.2) is 4.90 Å². The highest BCUT2D eigenvalue weighted by Gasteiger charge is 2.32. The van der Waals surface area contributed by atoms with Gasteiger partial charge < -0.3 is 5.11 Å². The fraction of sp³-hybridized carbons (Fsp3) is 0.278. The van der Waals surface area contributed by atoms with E-state index in [0.29, 0.717) is 11.3 Å². The fourth-order valence-corrected chi connectivity index (χ4v) is 4.50. The first-order valence-electron chi connectivity index (χ1n) is 8.20. The molecule has 0 aliphatic heterocycles. The lowest BCUT2D eigenvalue weighted by Crippen LogP contribution is -2.33. The molecule has 0 unspecified atom stereocenters. The number of aryl methyl sites for hydroxylation is 2. The van der Waals surface area contributed by atoms with Gasteiger partial charge in [-0.2, -0.15) is 0 Å². The van der Waals surface area contributed by atoms with E-state index in [1.165, 1.54) is 18.2 Å². The van der Waals surface area contributed by atoms with Gasteiger partial charge in [-0.15, -0.1) is 0 Å².